The molecule has 18 heavy (non-hydrogen) atoms. The third kappa shape index (κ3) is 2.76. The predicted octanol–water partition coefficient (Wildman–Crippen LogP) is 2.57. The van der Waals surface area contributed by atoms with Gasteiger partial charge in [-0.15, -0.1) is 0 Å². The molecule has 0 radical (unpaired) electrons. The first-order valence-corrected chi connectivity index (χ1v) is 5.90. The molecule has 2 rings (SSSR count). The molecule has 0 aliphatic heterocycles. The highest BCUT2D eigenvalue weighted by Crippen LogP contribution is 2.24. The van der Waals surface area contributed by atoms with Crippen molar-refractivity contribution in [3.05, 3.63) is 60.7 Å². The molecule has 0 saturated heterocycles. The molecule has 0 fully saturated rings. The molecule has 3 nitrogen and oxygen atoms in total. The molecule has 1 amide bonds. The first-order chi connectivity index (χ1) is 8.83. The minimum atomic E-state index is 0.0231. The summed E-state index contributed by atoms with van der Waals surface area (Å²) in [6.07, 6.45) is 0. The third-order valence-corrected chi connectivity index (χ3v) is 2.61. The zero-order valence-corrected chi connectivity index (χ0v) is 10.3. The Morgan fingerprint density at radius 1 is 0.944 bits per heavy atom. The molecule has 0 saturated carbocycles. The zero-order valence-electron chi connectivity index (χ0n) is 10.3. The van der Waals surface area contributed by atoms with Gasteiger partial charge in [0.05, 0.1) is 6.54 Å². The van der Waals surface area contributed by atoms with Crippen molar-refractivity contribution in [3.8, 4) is 0 Å². The van der Waals surface area contributed by atoms with Gasteiger partial charge >= 0.3 is 0 Å². The minimum Gasteiger partial charge on any atom is -0.311 e. The fourth-order valence-electron chi connectivity index (χ4n) is 1.82. The summed E-state index contributed by atoms with van der Waals surface area (Å²) in [4.78, 5) is 13.9. The maximum Gasteiger partial charge on any atom is 0.245 e. The monoisotopic (exact) mass is 240 g/mol. The number of hydrogen-bond acceptors (Lipinski definition) is 2. The number of carbonyl (C=O) groups excluding carboxylic acids is 1. The van der Waals surface area contributed by atoms with Crippen LogP contribution < -0.4 is 10.2 Å². The standard InChI is InChI=1S/C15H16N2O/c1-16-12-15(18)17(13-8-4-2-5-9-13)14-10-6-3-7-11-14/h2-11,16H,12H2,1H3. The van der Waals surface area contributed by atoms with Crippen LogP contribution in [0.3, 0.4) is 0 Å². The molecule has 2 aromatic rings. The lowest BCUT2D eigenvalue weighted by Gasteiger charge is -2.22. The molecule has 2 aromatic carbocycles. The fourth-order valence-corrected chi connectivity index (χ4v) is 1.82. The molecule has 92 valence electrons. The number of amides is 1. The van der Waals surface area contributed by atoms with Crippen LogP contribution in [-0.2, 0) is 4.79 Å². The third-order valence-electron chi connectivity index (χ3n) is 2.61. The summed E-state index contributed by atoms with van der Waals surface area (Å²) in [5.74, 6) is 0.0231. The smallest absolute Gasteiger partial charge is 0.245 e. The number of hydrogen-bond donors (Lipinski definition) is 1. The summed E-state index contributed by atoms with van der Waals surface area (Å²) in [5.41, 5.74) is 1.76. The molecule has 0 spiro atoms. The quantitative estimate of drug-likeness (QED) is 0.890. The molecule has 0 aliphatic rings. The van der Waals surface area contributed by atoms with Gasteiger partial charge in [-0.05, 0) is 31.3 Å². The van der Waals surface area contributed by atoms with Crippen molar-refractivity contribution in [1.29, 1.82) is 0 Å². The number of rotatable bonds is 4. The normalized spacial score (nSPS) is 10.1. The Balaban J connectivity index is 2.38. The van der Waals surface area contributed by atoms with E-state index in [1.54, 1.807) is 11.9 Å². The lowest BCUT2D eigenvalue weighted by atomic mass is 10.2. The highest BCUT2D eigenvalue weighted by Gasteiger charge is 2.16. The van der Waals surface area contributed by atoms with E-state index in [-0.39, 0.29) is 5.91 Å². The Morgan fingerprint density at radius 3 is 1.78 bits per heavy atom. The van der Waals surface area contributed by atoms with Gasteiger partial charge in [-0.2, -0.15) is 0 Å². The molecule has 0 atom stereocenters. The number of carbonyl (C=O) groups is 1. The van der Waals surface area contributed by atoms with Crippen LogP contribution in [0.15, 0.2) is 60.7 Å². The average Bonchev–Trinajstić information content (AvgIpc) is 2.42. The van der Waals surface area contributed by atoms with E-state index in [0.717, 1.165) is 11.4 Å². The minimum absolute atomic E-state index is 0.0231. The number of para-hydroxylation sites is 2. The first-order valence-electron chi connectivity index (χ1n) is 5.90. The van der Waals surface area contributed by atoms with Gasteiger partial charge in [0.2, 0.25) is 5.91 Å². The summed E-state index contributed by atoms with van der Waals surface area (Å²) in [6, 6.07) is 19.3. The Morgan fingerprint density at radius 2 is 1.39 bits per heavy atom. The van der Waals surface area contributed by atoms with E-state index in [1.807, 2.05) is 60.7 Å². The maximum absolute atomic E-state index is 12.2. The van der Waals surface area contributed by atoms with E-state index >= 15 is 0 Å². The molecule has 0 unspecified atom stereocenters. The van der Waals surface area contributed by atoms with Crippen molar-refractivity contribution in [3.63, 3.8) is 0 Å². The van der Waals surface area contributed by atoms with Crippen LogP contribution in [-0.4, -0.2) is 19.5 Å². The van der Waals surface area contributed by atoms with Gasteiger partial charge in [-0.3, -0.25) is 9.69 Å². The number of benzene rings is 2. The number of likely N-dealkylation sites (N-methyl/N-ethyl adjacent to an activating group) is 1. The Labute approximate surface area is 107 Å². The zero-order chi connectivity index (χ0) is 12.8. The maximum atomic E-state index is 12.2. The first kappa shape index (κ1) is 12.3. The number of nitrogens with one attached hydrogen (secondary N) is 1. The molecule has 0 bridgehead atoms. The SMILES string of the molecule is CNCC(=O)N(c1ccccc1)c1ccccc1. The van der Waals surface area contributed by atoms with Crippen molar-refractivity contribution in [2.75, 3.05) is 18.5 Å². The molecular formula is C15H16N2O. The average molecular weight is 240 g/mol. The summed E-state index contributed by atoms with van der Waals surface area (Å²) in [7, 11) is 1.77. The van der Waals surface area contributed by atoms with Crippen LogP contribution >= 0.6 is 0 Å². The van der Waals surface area contributed by atoms with Crippen molar-refractivity contribution >= 4 is 17.3 Å². The lowest BCUT2D eigenvalue weighted by molar-refractivity contribution is -0.117. The van der Waals surface area contributed by atoms with E-state index < -0.39 is 0 Å². The Kier molecular flexibility index (Phi) is 4.10. The summed E-state index contributed by atoms with van der Waals surface area (Å²) in [5, 5.41) is 2.90. The topological polar surface area (TPSA) is 32.3 Å². The van der Waals surface area contributed by atoms with Crippen molar-refractivity contribution in [2.45, 2.75) is 0 Å². The summed E-state index contributed by atoms with van der Waals surface area (Å²) >= 11 is 0. The van der Waals surface area contributed by atoms with Crippen molar-refractivity contribution in [2.24, 2.45) is 0 Å². The van der Waals surface area contributed by atoms with E-state index in [4.69, 9.17) is 0 Å². The molecule has 0 aromatic heterocycles. The van der Waals surface area contributed by atoms with Gasteiger partial charge in [0.15, 0.2) is 0 Å². The number of anilines is 2. The highest BCUT2D eigenvalue weighted by molar-refractivity contribution is 6.01. The summed E-state index contributed by atoms with van der Waals surface area (Å²) in [6.45, 7) is 0.309. The van der Waals surface area contributed by atoms with E-state index in [0.29, 0.717) is 6.54 Å². The fraction of sp³-hybridized carbons (Fsp3) is 0.133. The second kappa shape index (κ2) is 5.98. The van der Waals surface area contributed by atoms with Crippen LogP contribution in [0.1, 0.15) is 0 Å². The van der Waals surface area contributed by atoms with Crippen molar-refractivity contribution < 1.29 is 4.79 Å². The molecule has 1 N–H and O–H groups in total. The van der Waals surface area contributed by atoms with Crippen LogP contribution in [0.5, 0.6) is 0 Å². The van der Waals surface area contributed by atoms with Crippen LogP contribution in [0.2, 0.25) is 0 Å². The van der Waals surface area contributed by atoms with Crippen LogP contribution in [0, 0.1) is 0 Å². The summed E-state index contributed by atoms with van der Waals surface area (Å²) < 4.78 is 0. The van der Waals surface area contributed by atoms with Crippen LogP contribution in [0.25, 0.3) is 0 Å². The van der Waals surface area contributed by atoms with Gasteiger partial charge < -0.3 is 5.32 Å². The largest absolute Gasteiger partial charge is 0.311 e. The molecule has 0 aliphatic carbocycles. The number of nitrogens with zero attached hydrogens (tertiary/aromatic N) is 1. The van der Waals surface area contributed by atoms with Crippen molar-refractivity contribution in [1.82, 2.24) is 5.32 Å². The van der Waals surface area contributed by atoms with E-state index in [1.165, 1.54) is 0 Å². The Hall–Kier alpha value is -2.13. The molecular weight excluding hydrogens is 224 g/mol. The van der Waals surface area contributed by atoms with Crippen LogP contribution in [0.4, 0.5) is 11.4 Å². The van der Waals surface area contributed by atoms with Gasteiger partial charge in [0.1, 0.15) is 0 Å². The highest BCUT2D eigenvalue weighted by atomic mass is 16.2. The lowest BCUT2D eigenvalue weighted by Crippen LogP contribution is -2.33. The predicted molar refractivity (Wildman–Crippen MR) is 74.0 cm³/mol. The van der Waals surface area contributed by atoms with E-state index in [9.17, 15) is 4.79 Å². The van der Waals surface area contributed by atoms with Gasteiger partial charge in [0, 0.05) is 11.4 Å². The Bertz CT molecular complexity index is 457. The van der Waals surface area contributed by atoms with E-state index in [2.05, 4.69) is 5.32 Å². The van der Waals surface area contributed by atoms with Gasteiger partial charge in [-0.25, -0.2) is 0 Å². The second-order valence-corrected chi connectivity index (χ2v) is 3.93. The molecule has 3 heteroatoms. The van der Waals surface area contributed by atoms with Gasteiger partial charge in [0.25, 0.3) is 0 Å². The molecule has 0 heterocycles. The van der Waals surface area contributed by atoms with Gasteiger partial charge in [-0.1, -0.05) is 36.4 Å². The second-order valence-electron chi connectivity index (χ2n) is 3.93.